The fraction of sp³-hybridized carbons (Fsp3) is 0.375. The lowest BCUT2D eigenvalue weighted by Crippen LogP contribution is -2.21. The Morgan fingerprint density at radius 1 is 1.21 bits per heavy atom. The van der Waals surface area contributed by atoms with Gasteiger partial charge in [-0.1, -0.05) is 49.9 Å². The largest absolute Gasteiger partial charge is 0.330 e. The summed E-state index contributed by atoms with van der Waals surface area (Å²) in [5.41, 5.74) is 1.17. The summed E-state index contributed by atoms with van der Waals surface area (Å²) in [6.07, 6.45) is 0. The molecule has 0 aliphatic carbocycles. The number of nitrogens with one attached hydrogen (secondary N) is 2. The number of aromatic nitrogens is 2. The third-order valence-electron chi connectivity index (χ3n) is 3.00. The van der Waals surface area contributed by atoms with Crippen LogP contribution < -0.4 is 10.6 Å². The van der Waals surface area contributed by atoms with Crippen LogP contribution in [0.2, 0.25) is 0 Å². The number of carbonyl (C=O) groups excluding carboxylic acids is 2. The molecule has 2 N–H and O–H groups in total. The summed E-state index contributed by atoms with van der Waals surface area (Å²) in [4.78, 5) is 23.0. The van der Waals surface area contributed by atoms with Crippen molar-refractivity contribution >= 4 is 51.3 Å². The molecule has 1 aromatic carbocycles. The molecule has 24 heavy (non-hydrogen) atoms. The number of Topliss-reactive ketones (excluding diaryl/α,β-unsaturated/α-hetero) is 1. The highest BCUT2D eigenvalue weighted by Gasteiger charge is 2.21. The van der Waals surface area contributed by atoms with Crippen molar-refractivity contribution in [2.45, 2.75) is 32.0 Å². The highest BCUT2D eigenvalue weighted by Crippen LogP contribution is 2.30. The fourth-order valence-electron chi connectivity index (χ4n) is 1.66. The number of carbonyl (C=O) groups is 2. The molecule has 0 spiro atoms. The zero-order chi connectivity index (χ0) is 17.7. The van der Waals surface area contributed by atoms with E-state index in [4.69, 9.17) is 0 Å². The summed E-state index contributed by atoms with van der Waals surface area (Å²) < 4.78 is 0.744. The van der Waals surface area contributed by atoms with Crippen LogP contribution in [0.25, 0.3) is 0 Å². The second-order valence-corrected chi connectivity index (χ2v) is 8.42. The van der Waals surface area contributed by atoms with E-state index in [0.717, 1.165) is 10.0 Å². The van der Waals surface area contributed by atoms with Crippen LogP contribution in [0.5, 0.6) is 0 Å². The number of anilines is 3. The first-order valence-corrected chi connectivity index (χ1v) is 9.18. The van der Waals surface area contributed by atoms with Crippen LogP contribution in [-0.2, 0) is 9.59 Å². The number of hydrogen-bond donors (Lipinski definition) is 2. The average molecular weight is 364 g/mol. The van der Waals surface area contributed by atoms with Crippen LogP contribution in [0.4, 0.5) is 16.5 Å². The molecule has 0 unspecified atom stereocenters. The topological polar surface area (TPSA) is 84.0 Å². The average Bonchev–Trinajstić information content (AvgIpc) is 2.91. The second kappa shape index (κ2) is 7.76. The Hall–Kier alpha value is -1.93. The van der Waals surface area contributed by atoms with Crippen molar-refractivity contribution < 1.29 is 9.59 Å². The van der Waals surface area contributed by atoms with Gasteiger partial charge in [-0.25, -0.2) is 0 Å². The molecule has 0 radical (unpaired) electrons. The summed E-state index contributed by atoms with van der Waals surface area (Å²) >= 11 is 2.79. The van der Waals surface area contributed by atoms with Gasteiger partial charge in [-0.3, -0.25) is 9.59 Å². The summed E-state index contributed by atoms with van der Waals surface area (Å²) in [5, 5.41) is 14.7. The van der Waals surface area contributed by atoms with Crippen LogP contribution in [0, 0.1) is 5.41 Å². The lowest BCUT2D eigenvalue weighted by Gasteiger charge is -2.15. The summed E-state index contributed by atoms with van der Waals surface area (Å²) in [6.45, 7) is 7.19. The predicted molar refractivity (Wildman–Crippen MR) is 99.1 cm³/mol. The van der Waals surface area contributed by atoms with Gasteiger partial charge in [0.2, 0.25) is 11.0 Å². The smallest absolute Gasteiger partial charge is 0.221 e. The van der Waals surface area contributed by atoms with Crippen LogP contribution in [0.15, 0.2) is 28.6 Å². The van der Waals surface area contributed by atoms with Gasteiger partial charge in [0.1, 0.15) is 5.78 Å². The Labute approximate surface area is 149 Å². The fourth-order valence-corrected chi connectivity index (χ4v) is 3.60. The molecule has 2 aromatic rings. The molecule has 0 aliphatic rings. The van der Waals surface area contributed by atoms with Crippen molar-refractivity contribution in [3.63, 3.8) is 0 Å². The van der Waals surface area contributed by atoms with Crippen LogP contribution >= 0.6 is 23.1 Å². The first kappa shape index (κ1) is 18.4. The number of rotatable bonds is 6. The highest BCUT2D eigenvalue weighted by molar-refractivity contribution is 8.01. The molecule has 0 atom stereocenters. The van der Waals surface area contributed by atoms with E-state index in [9.17, 15) is 9.59 Å². The Balaban J connectivity index is 1.96. The molecular formula is C16H20N4O2S2. The standard InChI is InChI=1S/C16H20N4O2S2/c1-10(21)17-11-6-5-7-12(8-11)18-14-19-20-15(24-14)23-9-13(22)16(2,3)4/h5-8H,9H2,1-4H3,(H,17,21)(H,18,19). The molecule has 1 amide bonds. The van der Waals surface area contributed by atoms with E-state index in [-0.39, 0.29) is 17.1 Å². The lowest BCUT2D eigenvalue weighted by atomic mass is 9.92. The zero-order valence-corrected chi connectivity index (χ0v) is 15.7. The van der Waals surface area contributed by atoms with E-state index < -0.39 is 0 Å². The molecule has 0 aliphatic heterocycles. The minimum Gasteiger partial charge on any atom is -0.330 e. The molecular weight excluding hydrogens is 344 g/mol. The van der Waals surface area contributed by atoms with Gasteiger partial charge < -0.3 is 10.6 Å². The van der Waals surface area contributed by atoms with E-state index in [1.807, 2.05) is 45.0 Å². The molecule has 0 saturated heterocycles. The van der Waals surface area contributed by atoms with Crippen LogP contribution in [-0.4, -0.2) is 27.6 Å². The highest BCUT2D eigenvalue weighted by atomic mass is 32.2. The predicted octanol–water partition coefficient (Wildman–Crippen LogP) is 3.95. The second-order valence-electron chi connectivity index (χ2n) is 6.22. The van der Waals surface area contributed by atoms with Crippen molar-refractivity contribution in [3.05, 3.63) is 24.3 Å². The number of amides is 1. The van der Waals surface area contributed by atoms with Gasteiger partial charge in [0.15, 0.2) is 4.34 Å². The Morgan fingerprint density at radius 2 is 1.92 bits per heavy atom. The molecule has 0 fully saturated rings. The summed E-state index contributed by atoms with van der Waals surface area (Å²) in [5.74, 6) is 0.446. The molecule has 1 aromatic heterocycles. The van der Waals surface area contributed by atoms with E-state index in [1.54, 1.807) is 0 Å². The maximum Gasteiger partial charge on any atom is 0.221 e. The Morgan fingerprint density at radius 3 is 2.58 bits per heavy atom. The van der Waals surface area contributed by atoms with Crippen molar-refractivity contribution in [1.29, 1.82) is 0 Å². The number of hydrogen-bond acceptors (Lipinski definition) is 7. The molecule has 128 valence electrons. The first-order chi connectivity index (χ1) is 11.2. The minimum atomic E-state index is -0.344. The normalized spacial score (nSPS) is 11.2. The summed E-state index contributed by atoms with van der Waals surface area (Å²) in [6, 6.07) is 7.35. The molecule has 2 rings (SSSR count). The van der Waals surface area contributed by atoms with E-state index in [1.165, 1.54) is 30.0 Å². The van der Waals surface area contributed by atoms with E-state index in [2.05, 4.69) is 20.8 Å². The van der Waals surface area contributed by atoms with Gasteiger partial charge in [0.05, 0.1) is 5.75 Å². The summed E-state index contributed by atoms with van der Waals surface area (Å²) in [7, 11) is 0. The Bertz CT molecular complexity index is 738. The van der Waals surface area contributed by atoms with Gasteiger partial charge >= 0.3 is 0 Å². The number of nitrogens with zero attached hydrogens (tertiary/aromatic N) is 2. The SMILES string of the molecule is CC(=O)Nc1cccc(Nc2nnc(SCC(=O)C(C)(C)C)s2)c1. The van der Waals surface area contributed by atoms with Gasteiger partial charge in [-0.05, 0) is 18.2 Å². The third-order valence-corrected chi connectivity index (χ3v) is 4.98. The first-order valence-electron chi connectivity index (χ1n) is 7.38. The molecule has 6 nitrogen and oxygen atoms in total. The maximum absolute atomic E-state index is 11.9. The van der Waals surface area contributed by atoms with Crippen molar-refractivity contribution in [1.82, 2.24) is 10.2 Å². The van der Waals surface area contributed by atoms with E-state index in [0.29, 0.717) is 16.6 Å². The minimum absolute atomic E-state index is 0.120. The molecule has 0 bridgehead atoms. The van der Waals surface area contributed by atoms with Gasteiger partial charge in [-0.15, -0.1) is 10.2 Å². The number of thioether (sulfide) groups is 1. The number of ketones is 1. The van der Waals surface area contributed by atoms with Gasteiger partial charge in [0, 0.05) is 23.7 Å². The molecule has 8 heteroatoms. The van der Waals surface area contributed by atoms with Crippen molar-refractivity contribution in [2.24, 2.45) is 5.41 Å². The quantitative estimate of drug-likeness (QED) is 0.755. The lowest BCUT2D eigenvalue weighted by molar-refractivity contribution is -0.123. The molecule has 1 heterocycles. The van der Waals surface area contributed by atoms with Crippen LogP contribution in [0.3, 0.4) is 0 Å². The van der Waals surface area contributed by atoms with Crippen molar-refractivity contribution in [3.8, 4) is 0 Å². The Kier molecular flexibility index (Phi) is 5.95. The third kappa shape index (κ3) is 5.61. The van der Waals surface area contributed by atoms with E-state index >= 15 is 0 Å². The van der Waals surface area contributed by atoms with Crippen molar-refractivity contribution in [2.75, 3.05) is 16.4 Å². The molecule has 0 saturated carbocycles. The van der Waals surface area contributed by atoms with Gasteiger partial charge in [-0.2, -0.15) is 0 Å². The maximum atomic E-state index is 11.9. The monoisotopic (exact) mass is 364 g/mol. The zero-order valence-electron chi connectivity index (χ0n) is 14.0. The van der Waals surface area contributed by atoms with Gasteiger partial charge in [0.25, 0.3) is 0 Å². The van der Waals surface area contributed by atoms with Crippen LogP contribution in [0.1, 0.15) is 27.7 Å². The number of benzene rings is 1.